The first kappa shape index (κ1) is 15.2. The highest BCUT2D eigenvalue weighted by Crippen LogP contribution is 2.15. The van der Waals surface area contributed by atoms with Gasteiger partial charge in [0.15, 0.2) is 0 Å². The van der Waals surface area contributed by atoms with Crippen molar-refractivity contribution < 1.29 is 29.6 Å². The average molecular weight is 305 g/mol. The monoisotopic (exact) mass is 305 g/mol. The summed E-state index contributed by atoms with van der Waals surface area (Å²) in [6.07, 6.45) is 2.09. The van der Waals surface area contributed by atoms with Crippen LogP contribution < -0.4 is 0 Å². The van der Waals surface area contributed by atoms with Crippen LogP contribution in [0.1, 0.15) is 34.3 Å². The zero-order valence-electron chi connectivity index (χ0n) is 11.2. The van der Waals surface area contributed by atoms with Crippen molar-refractivity contribution in [3.63, 3.8) is 0 Å². The molecule has 0 spiro atoms. The number of hydrogen-bond acceptors (Lipinski definition) is 8. The van der Waals surface area contributed by atoms with Gasteiger partial charge in [0.2, 0.25) is 0 Å². The lowest BCUT2D eigenvalue weighted by Crippen LogP contribution is -2.32. The fraction of sp³-hybridized carbons (Fsp3) is 0.154. The van der Waals surface area contributed by atoms with Crippen LogP contribution in [0.3, 0.4) is 0 Å². The fourth-order valence-corrected chi connectivity index (χ4v) is 1.87. The van der Waals surface area contributed by atoms with E-state index in [0.29, 0.717) is 16.2 Å². The molecule has 0 atom stereocenters. The number of oxime groups is 2. The van der Waals surface area contributed by atoms with Gasteiger partial charge in [-0.05, 0) is 29.3 Å². The summed E-state index contributed by atoms with van der Waals surface area (Å²) in [7, 11) is 0. The molecule has 1 heterocycles. The molecule has 0 saturated carbocycles. The molecule has 0 unspecified atom stereocenters. The molecule has 9 heteroatoms. The van der Waals surface area contributed by atoms with Crippen molar-refractivity contribution in [2.24, 2.45) is 10.3 Å². The van der Waals surface area contributed by atoms with Gasteiger partial charge in [0.25, 0.3) is 11.8 Å². The van der Waals surface area contributed by atoms with Crippen molar-refractivity contribution in [1.29, 1.82) is 0 Å². The lowest BCUT2D eigenvalue weighted by atomic mass is 10.1. The van der Waals surface area contributed by atoms with Gasteiger partial charge in [0.1, 0.15) is 0 Å². The van der Waals surface area contributed by atoms with E-state index >= 15 is 0 Å². The molecule has 1 saturated heterocycles. The van der Waals surface area contributed by atoms with E-state index in [9.17, 15) is 14.4 Å². The van der Waals surface area contributed by atoms with Gasteiger partial charge >= 0.3 is 5.97 Å². The number of hydroxylamine groups is 2. The Kier molecular flexibility index (Phi) is 4.47. The van der Waals surface area contributed by atoms with Crippen molar-refractivity contribution in [2.75, 3.05) is 0 Å². The highest BCUT2D eigenvalue weighted by atomic mass is 16.7. The van der Waals surface area contributed by atoms with Crippen molar-refractivity contribution in [3.05, 3.63) is 34.9 Å². The van der Waals surface area contributed by atoms with Gasteiger partial charge in [0.05, 0.1) is 18.0 Å². The second-order valence-corrected chi connectivity index (χ2v) is 4.34. The first-order chi connectivity index (χ1) is 10.5. The third kappa shape index (κ3) is 3.26. The van der Waals surface area contributed by atoms with Crippen molar-refractivity contribution in [2.45, 2.75) is 12.8 Å². The van der Waals surface area contributed by atoms with Gasteiger partial charge < -0.3 is 15.3 Å². The predicted molar refractivity (Wildman–Crippen MR) is 71.7 cm³/mol. The number of hydrogen-bond donors (Lipinski definition) is 2. The molecule has 0 bridgehead atoms. The summed E-state index contributed by atoms with van der Waals surface area (Å²) in [5, 5.41) is 23.2. The third-order valence-electron chi connectivity index (χ3n) is 2.81. The standard InChI is InChI=1S/C13H11N3O6/c17-11-1-2-12(18)16(11)22-13(19)10-4-8(6-14-20)3-9(5-10)7-15-21/h3-7,20-21H,1-2H2/b14-6-,15-7-. The highest BCUT2D eigenvalue weighted by Gasteiger charge is 2.33. The minimum atomic E-state index is -0.940. The van der Waals surface area contributed by atoms with Gasteiger partial charge in [-0.3, -0.25) is 9.59 Å². The summed E-state index contributed by atoms with van der Waals surface area (Å²) in [6.45, 7) is 0. The Morgan fingerprint density at radius 2 is 1.55 bits per heavy atom. The predicted octanol–water partition coefficient (Wildman–Crippen LogP) is 0.524. The lowest BCUT2D eigenvalue weighted by Gasteiger charge is -2.13. The molecule has 1 aliphatic heterocycles. The van der Waals surface area contributed by atoms with E-state index < -0.39 is 17.8 Å². The van der Waals surface area contributed by atoms with Crippen molar-refractivity contribution >= 4 is 30.2 Å². The first-order valence-electron chi connectivity index (χ1n) is 6.13. The smallest absolute Gasteiger partial charge is 0.363 e. The van der Waals surface area contributed by atoms with E-state index in [1.54, 1.807) is 0 Å². The molecule has 22 heavy (non-hydrogen) atoms. The number of carbonyl (C=O) groups is 3. The molecule has 1 aromatic rings. The quantitative estimate of drug-likeness (QED) is 0.361. The van der Waals surface area contributed by atoms with E-state index in [0.717, 1.165) is 12.4 Å². The third-order valence-corrected chi connectivity index (χ3v) is 2.81. The molecule has 2 amide bonds. The van der Waals surface area contributed by atoms with Crippen LogP contribution in [0.25, 0.3) is 0 Å². The van der Waals surface area contributed by atoms with Crippen LogP contribution in [-0.2, 0) is 14.4 Å². The maximum absolute atomic E-state index is 12.0. The average Bonchev–Trinajstić information content (AvgIpc) is 2.79. The number of rotatable bonds is 4. The summed E-state index contributed by atoms with van der Waals surface area (Å²) in [4.78, 5) is 39.6. The Labute approximate surface area is 124 Å². The van der Waals surface area contributed by atoms with Crippen LogP contribution in [0.5, 0.6) is 0 Å². The second kappa shape index (κ2) is 6.48. The van der Waals surface area contributed by atoms with Crippen LogP contribution in [-0.4, -0.2) is 45.7 Å². The molecular weight excluding hydrogens is 294 g/mol. The lowest BCUT2D eigenvalue weighted by molar-refractivity contribution is -0.172. The normalized spacial score (nSPS) is 15.2. The number of carbonyl (C=O) groups excluding carboxylic acids is 3. The molecule has 114 valence electrons. The van der Waals surface area contributed by atoms with Gasteiger partial charge in [-0.15, -0.1) is 5.06 Å². The summed E-state index contributed by atoms with van der Waals surface area (Å²) in [5.74, 6) is -2.13. The van der Waals surface area contributed by atoms with E-state index in [4.69, 9.17) is 15.3 Å². The van der Waals surface area contributed by atoms with Crippen molar-refractivity contribution in [3.8, 4) is 0 Å². The molecule has 1 fully saturated rings. The Morgan fingerprint density at radius 1 is 1.05 bits per heavy atom. The number of nitrogens with zero attached hydrogens (tertiary/aromatic N) is 3. The van der Waals surface area contributed by atoms with Crippen LogP contribution >= 0.6 is 0 Å². The summed E-state index contributed by atoms with van der Waals surface area (Å²) >= 11 is 0. The molecule has 9 nitrogen and oxygen atoms in total. The first-order valence-corrected chi connectivity index (χ1v) is 6.13. The Bertz CT molecular complexity index is 636. The minimum absolute atomic E-state index is 0.00819. The molecule has 0 aromatic heterocycles. The van der Waals surface area contributed by atoms with Crippen LogP contribution in [0.15, 0.2) is 28.5 Å². The maximum Gasteiger partial charge on any atom is 0.363 e. The van der Waals surface area contributed by atoms with Crippen LogP contribution in [0.2, 0.25) is 0 Å². The fourth-order valence-electron chi connectivity index (χ4n) is 1.87. The van der Waals surface area contributed by atoms with Gasteiger partial charge in [0, 0.05) is 12.8 Å². The SMILES string of the molecule is O=C(ON1C(=O)CCC1=O)c1cc(/C=N\O)cc(/C=N\O)c1. The van der Waals surface area contributed by atoms with E-state index in [1.165, 1.54) is 18.2 Å². The second-order valence-electron chi connectivity index (χ2n) is 4.34. The summed E-state index contributed by atoms with van der Waals surface area (Å²) in [6, 6.07) is 4.12. The highest BCUT2D eigenvalue weighted by molar-refractivity contribution is 6.03. The van der Waals surface area contributed by atoms with E-state index in [1.807, 2.05) is 0 Å². The molecular formula is C13H11N3O6. The Morgan fingerprint density at radius 3 is 2.00 bits per heavy atom. The van der Waals surface area contributed by atoms with E-state index in [2.05, 4.69) is 10.3 Å². The topological polar surface area (TPSA) is 129 Å². The molecule has 2 N–H and O–H groups in total. The van der Waals surface area contributed by atoms with Gasteiger partial charge in [-0.25, -0.2) is 4.79 Å². The molecule has 1 aliphatic rings. The zero-order chi connectivity index (χ0) is 16.1. The maximum atomic E-state index is 12.0. The number of benzene rings is 1. The Balaban J connectivity index is 2.28. The molecule has 2 rings (SSSR count). The minimum Gasteiger partial charge on any atom is -0.411 e. The number of amides is 2. The van der Waals surface area contributed by atoms with Crippen molar-refractivity contribution in [1.82, 2.24) is 5.06 Å². The van der Waals surface area contributed by atoms with Gasteiger partial charge in [-0.1, -0.05) is 10.3 Å². The Hall–Kier alpha value is -3.23. The summed E-state index contributed by atoms with van der Waals surface area (Å²) < 4.78 is 0. The zero-order valence-corrected chi connectivity index (χ0v) is 11.2. The van der Waals surface area contributed by atoms with Gasteiger partial charge in [-0.2, -0.15) is 0 Å². The molecule has 0 radical (unpaired) electrons. The summed E-state index contributed by atoms with van der Waals surface area (Å²) in [5.41, 5.74) is 0.636. The largest absolute Gasteiger partial charge is 0.411 e. The van der Waals surface area contributed by atoms with Crippen LogP contribution in [0, 0.1) is 0 Å². The van der Waals surface area contributed by atoms with Crippen LogP contribution in [0.4, 0.5) is 0 Å². The number of imide groups is 1. The molecule has 0 aliphatic carbocycles. The van der Waals surface area contributed by atoms with E-state index in [-0.39, 0.29) is 18.4 Å². The molecule has 1 aromatic carbocycles.